The van der Waals surface area contributed by atoms with Gasteiger partial charge in [0.1, 0.15) is 11.6 Å². The molecule has 0 fully saturated rings. The van der Waals surface area contributed by atoms with E-state index < -0.39 is 11.7 Å². The molecule has 0 aliphatic rings. The lowest BCUT2D eigenvalue weighted by atomic mass is 10.2. The number of aromatic nitrogens is 1. The predicted octanol–water partition coefficient (Wildman–Crippen LogP) is 1.87. The highest BCUT2D eigenvalue weighted by molar-refractivity contribution is 5.80. The minimum absolute atomic E-state index is 0.0861. The van der Waals surface area contributed by atoms with Crippen molar-refractivity contribution in [1.82, 2.24) is 10.3 Å². The Bertz CT molecular complexity index is 474. The Balaban J connectivity index is 2.64. The largest absolute Gasteiger partial charge is 0.416 e. The molecule has 1 rings (SSSR count). The second-order valence-corrected chi connectivity index (χ2v) is 4.72. The highest BCUT2D eigenvalue weighted by atomic mass is 19.4. The Labute approximate surface area is 114 Å². The Morgan fingerprint density at radius 3 is 2.60 bits per heavy atom. The molecule has 20 heavy (non-hydrogen) atoms. The van der Waals surface area contributed by atoms with E-state index in [2.05, 4.69) is 15.6 Å². The summed E-state index contributed by atoms with van der Waals surface area (Å²) < 4.78 is 37.7. The lowest BCUT2D eigenvalue weighted by molar-refractivity contribution is -0.137. The molecule has 4 N–H and O–H groups in total. The van der Waals surface area contributed by atoms with Gasteiger partial charge in [-0.25, -0.2) is 4.98 Å². The number of carbonyl (C=O) groups is 1. The quantitative estimate of drug-likeness (QED) is 0.773. The van der Waals surface area contributed by atoms with E-state index in [0.717, 1.165) is 12.1 Å². The summed E-state index contributed by atoms with van der Waals surface area (Å²) in [7, 11) is 0. The number of nitrogens with zero attached hydrogens (tertiary/aromatic N) is 1. The summed E-state index contributed by atoms with van der Waals surface area (Å²) in [6, 6.07) is 1.55. The summed E-state index contributed by atoms with van der Waals surface area (Å²) in [5.41, 5.74) is 4.40. The Hall–Kier alpha value is -1.99. The average molecular weight is 290 g/mol. The van der Waals surface area contributed by atoms with Crippen molar-refractivity contribution in [3.63, 3.8) is 0 Å². The fraction of sp³-hybridized carbons (Fsp3) is 0.500. The van der Waals surface area contributed by atoms with Gasteiger partial charge in [0.15, 0.2) is 0 Å². The number of carbonyl (C=O) groups excluding carboxylic acids is 1. The smallest absolute Gasteiger partial charge is 0.384 e. The second-order valence-electron chi connectivity index (χ2n) is 4.72. The van der Waals surface area contributed by atoms with Gasteiger partial charge in [-0.1, -0.05) is 13.8 Å². The van der Waals surface area contributed by atoms with Gasteiger partial charge < -0.3 is 16.4 Å². The van der Waals surface area contributed by atoms with Crippen molar-refractivity contribution < 1.29 is 18.0 Å². The summed E-state index contributed by atoms with van der Waals surface area (Å²) in [5, 5.41) is 5.15. The maximum atomic E-state index is 12.6. The molecule has 0 saturated carbocycles. The number of rotatable bonds is 5. The normalized spacial score (nSPS) is 11.5. The first-order valence-electron chi connectivity index (χ1n) is 6.04. The van der Waals surface area contributed by atoms with Crippen molar-refractivity contribution in [3.05, 3.63) is 17.7 Å². The molecule has 0 aliphatic carbocycles. The first-order chi connectivity index (χ1) is 9.18. The molecule has 0 aliphatic heterocycles. The third-order valence-electron chi connectivity index (χ3n) is 2.31. The molecular formula is C12H17F3N4O. The van der Waals surface area contributed by atoms with E-state index >= 15 is 0 Å². The molecule has 8 heteroatoms. The molecular weight excluding hydrogens is 273 g/mol. The molecule has 1 heterocycles. The van der Waals surface area contributed by atoms with Gasteiger partial charge in [-0.3, -0.25) is 4.79 Å². The minimum Gasteiger partial charge on any atom is -0.384 e. The van der Waals surface area contributed by atoms with Crippen LogP contribution in [-0.4, -0.2) is 24.0 Å². The molecule has 1 aromatic heterocycles. The number of alkyl halides is 3. The second kappa shape index (κ2) is 6.44. The van der Waals surface area contributed by atoms with Crippen LogP contribution < -0.4 is 16.4 Å². The zero-order chi connectivity index (χ0) is 15.3. The lowest BCUT2D eigenvalue weighted by Crippen LogP contribution is -2.32. The highest BCUT2D eigenvalue weighted by Crippen LogP contribution is 2.31. The predicted molar refractivity (Wildman–Crippen MR) is 70.0 cm³/mol. The molecule has 5 nitrogen and oxygen atoms in total. The van der Waals surface area contributed by atoms with Crippen molar-refractivity contribution in [2.75, 3.05) is 24.1 Å². The standard InChI is InChI=1S/C12H17F3N4O/c1-7(2)5-18-11(20)6-17-10-4-8(12(13,14)15)3-9(16)19-10/h3-4,7H,5-6H2,1-2H3,(H,18,20)(H3,16,17,19). The van der Waals surface area contributed by atoms with E-state index in [-0.39, 0.29) is 24.1 Å². The number of nitrogen functional groups attached to an aromatic ring is 1. The number of halogens is 3. The molecule has 0 saturated heterocycles. The molecule has 0 bridgehead atoms. The fourth-order valence-electron chi connectivity index (χ4n) is 1.36. The fourth-order valence-corrected chi connectivity index (χ4v) is 1.36. The highest BCUT2D eigenvalue weighted by Gasteiger charge is 2.31. The van der Waals surface area contributed by atoms with Crippen LogP contribution in [0.4, 0.5) is 24.8 Å². The van der Waals surface area contributed by atoms with Crippen LogP contribution in [0.2, 0.25) is 0 Å². The van der Waals surface area contributed by atoms with Crippen molar-refractivity contribution in [1.29, 1.82) is 0 Å². The first-order valence-corrected chi connectivity index (χ1v) is 6.04. The Morgan fingerprint density at radius 2 is 2.05 bits per heavy atom. The van der Waals surface area contributed by atoms with Crippen LogP contribution in [0.3, 0.4) is 0 Å². The SMILES string of the molecule is CC(C)CNC(=O)CNc1cc(C(F)(F)F)cc(N)n1. The van der Waals surface area contributed by atoms with E-state index in [4.69, 9.17) is 5.73 Å². The van der Waals surface area contributed by atoms with E-state index in [1.165, 1.54) is 0 Å². The first kappa shape index (κ1) is 16.1. The zero-order valence-electron chi connectivity index (χ0n) is 11.2. The van der Waals surface area contributed by atoms with Gasteiger partial charge in [0, 0.05) is 6.54 Å². The van der Waals surface area contributed by atoms with Gasteiger partial charge >= 0.3 is 6.18 Å². The number of amides is 1. The molecule has 0 aromatic carbocycles. The third-order valence-corrected chi connectivity index (χ3v) is 2.31. The van der Waals surface area contributed by atoms with Gasteiger partial charge in [0.05, 0.1) is 12.1 Å². The summed E-state index contributed by atoms with van der Waals surface area (Å²) in [4.78, 5) is 15.1. The third kappa shape index (κ3) is 5.33. The summed E-state index contributed by atoms with van der Waals surface area (Å²) in [6.45, 7) is 4.20. The number of hydrogen-bond donors (Lipinski definition) is 3. The number of nitrogens with two attached hydrogens (primary N) is 1. The average Bonchev–Trinajstić information content (AvgIpc) is 2.32. The molecule has 1 amide bonds. The Kier molecular flexibility index (Phi) is 5.18. The molecule has 0 radical (unpaired) electrons. The topological polar surface area (TPSA) is 80.0 Å². The zero-order valence-corrected chi connectivity index (χ0v) is 11.2. The molecule has 0 spiro atoms. The van der Waals surface area contributed by atoms with Gasteiger partial charge in [-0.15, -0.1) is 0 Å². The maximum Gasteiger partial charge on any atom is 0.416 e. The lowest BCUT2D eigenvalue weighted by Gasteiger charge is -2.12. The van der Waals surface area contributed by atoms with Gasteiger partial charge in [-0.2, -0.15) is 13.2 Å². The van der Waals surface area contributed by atoms with Crippen LogP contribution >= 0.6 is 0 Å². The van der Waals surface area contributed by atoms with Crippen LogP contribution in [-0.2, 0) is 11.0 Å². The van der Waals surface area contributed by atoms with Crippen molar-refractivity contribution in [2.24, 2.45) is 5.92 Å². The van der Waals surface area contributed by atoms with Crippen LogP contribution in [0.1, 0.15) is 19.4 Å². The summed E-state index contributed by atoms with van der Waals surface area (Å²) in [6.07, 6.45) is -4.51. The monoisotopic (exact) mass is 290 g/mol. The maximum absolute atomic E-state index is 12.6. The van der Waals surface area contributed by atoms with Crippen LogP contribution in [0, 0.1) is 5.92 Å². The van der Waals surface area contributed by atoms with Gasteiger partial charge in [0.2, 0.25) is 5.91 Å². The van der Waals surface area contributed by atoms with Crippen LogP contribution in [0.5, 0.6) is 0 Å². The van der Waals surface area contributed by atoms with E-state index in [9.17, 15) is 18.0 Å². The minimum atomic E-state index is -4.51. The van der Waals surface area contributed by atoms with Crippen LogP contribution in [0.25, 0.3) is 0 Å². The summed E-state index contributed by atoms with van der Waals surface area (Å²) >= 11 is 0. The van der Waals surface area contributed by atoms with E-state index in [1.807, 2.05) is 13.8 Å². The molecule has 0 atom stereocenters. The number of nitrogens with one attached hydrogen (secondary N) is 2. The number of hydrogen-bond acceptors (Lipinski definition) is 4. The Morgan fingerprint density at radius 1 is 1.40 bits per heavy atom. The van der Waals surface area contributed by atoms with Crippen molar-refractivity contribution in [2.45, 2.75) is 20.0 Å². The number of anilines is 2. The van der Waals surface area contributed by atoms with E-state index in [0.29, 0.717) is 12.5 Å². The van der Waals surface area contributed by atoms with Gasteiger partial charge in [-0.05, 0) is 18.1 Å². The van der Waals surface area contributed by atoms with Gasteiger partial charge in [0.25, 0.3) is 0 Å². The molecule has 112 valence electrons. The molecule has 0 unspecified atom stereocenters. The van der Waals surface area contributed by atoms with E-state index in [1.54, 1.807) is 0 Å². The number of pyridine rings is 1. The van der Waals surface area contributed by atoms with Crippen LogP contribution in [0.15, 0.2) is 12.1 Å². The molecule has 1 aromatic rings. The summed E-state index contributed by atoms with van der Waals surface area (Å²) in [5.74, 6) is -0.375. The van der Waals surface area contributed by atoms with Crippen molar-refractivity contribution >= 4 is 17.5 Å². The van der Waals surface area contributed by atoms with Crippen molar-refractivity contribution in [3.8, 4) is 0 Å².